The second-order valence-corrected chi connectivity index (χ2v) is 4.92. The van der Waals surface area contributed by atoms with Crippen LogP contribution in [0.2, 0.25) is 0 Å². The Morgan fingerprint density at radius 2 is 2.24 bits per heavy atom. The molecule has 0 saturated carbocycles. The Bertz CT molecular complexity index is 322. The summed E-state index contributed by atoms with van der Waals surface area (Å²) in [5.41, 5.74) is -0.604. The SMILES string of the molecule is CC(C)(C)OC(=O)N1CC(=O)COC(C=N)C1. The normalized spacial score (nSPS) is 21.9. The van der Waals surface area contributed by atoms with E-state index in [1.165, 1.54) is 4.90 Å². The van der Waals surface area contributed by atoms with Gasteiger partial charge in [0.05, 0.1) is 13.1 Å². The Balaban J connectivity index is 2.69. The van der Waals surface area contributed by atoms with E-state index in [0.717, 1.165) is 6.21 Å². The molecule has 0 aromatic rings. The van der Waals surface area contributed by atoms with Crippen molar-refractivity contribution in [1.82, 2.24) is 4.90 Å². The third kappa shape index (κ3) is 4.52. The molecule has 1 N–H and O–H groups in total. The van der Waals surface area contributed by atoms with Crippen molar-refractivity contribution in [3.8, 4) is 0 Å². The fraction of sp³-hybridized carbons (Fsp3) is 0.727. The third-order valence-corrected chi connectivity index (χ3v) is 2.06. The quantitative estimate of drug-likeness (QED) is 0.691. The zero-order chi connectivity index (χ0) is 13.1. The molecule has 1 atom stereocenters. The van der Waals surface area contributed by atoms with Gasteiger partial charge in [0.1, 0.15) is 18.3 Å². The molecule has 1 fully saturated rings. The van der Waals surface area contributed by atoms with Crippen LogP contribution in [0.3, 0.4) is 0 Å². The highest BCUT2D eigenvalue weighted by Crippen LogP contribution is 2.12. The van der Waals surface area contributed by atoms with Gasteiger partial charge < -0.3 is 14.9 Å². The van der Waals surface area contributed by atoms with E-state index in [9.17, 15) is 9.59 Å². The van der Waals surface area contributed by atoms with Crippen molar-refractivity contribution in [2.45, 2.75) is 32.5 Å². The van der Waals surface area contributed by atoms with Crippen molar-refractivity contribution >= 4 is 18.1 Å². The van der Waals surface area contributed by atoms with E-state index in [4.69, 9.17) is 14.9 Å². The van der Waals surface area contributed by atoms with Crippen molar-refractivity contribution in [2.75, 3.05) is 19.7 Å². The lowest BCUT2D eigenvalue weighted by Crippen LogP contribution is -2.42. The molecule has 1 rings (SSSR count). The zero-order valence-electron chi connectivity index (χ0n) is 10.4. The number of Topliss-reactive ketones (excluding diaryl/α,β-unsaturated/α-hetero) is 1. The number of amides is 1. The molecule has 0 aromatic carbocycles. The largest absolute Gasteiger partial charge is 0.444 e. The van der Waals surface area contributed by atoms with Crippen molar-refractivity contribution in [1.29, 1.82) is 5.41 Å². The van der Waals surface area contributed by atoms with Gasteiger partial charge in [-0.05, 0) is 20.8 Å². The summed E-state index contributed by atoms with van der Waals surface area (Å²) in [7, 11) is 0. The molecule has 0 spiro atoms. The Morgan fingerprint density at radius 3 is 2.76 bits per heavy atom. The number of rotatable bonds is 1. The molecule has 96 valence electrons. The second-order valence-electron chi connectivity index (χ2n) is 4.92. The summed E-state index contributed by atoms with van der Waals surface area (Å²) in [5, 5.41) is 7.13. The lowest BCUT2D eigenvalue weighted by Gasteiger charge is -2.26. The number of nitrogens with zero attached hydrogens (tertiary/aromatic N) is 1. The smallest absolute Gasteiger partial charge is 0.410 e. The number of ketones is 1. The lowest BCUT2D eigenvalue weighted by atomic mass is 10.2. The highest BCUT2D eigenvalue weighted by atomic mass is 16.6. The highest BCUT2D eigenvalue weighted by Gasteiger charge is 2.28. The zero-order valence-corrected chi connectivity index (χ0v) is 10.4. The lowest BCUT2D eigenvalue weighted by molar-refractivity contribution is -0.122. The number of hydrogen-bond acceptors (Lipinski definition) is 5. The molecule has 1 aliphatic rings. The van der Waals surface area contributed by atoms with E-state index in [2.05, 4.69) is 0 Å². The van der Waals surface area contributed by atoms with Crippen LogP contribution >= 0.6 is 0 Å². The minimum atomic E-state index is -0.604. The molecular weight excluding hydrogens is 224 g/mol. The predicted molar refractivity (Wildman–Crippen MR) is 61.3 cm³/mol. The van der Waals surface area contributed by atoms with Crippen molar-refractivity contribution in [3.63, 3.8) is 0 Å². The van der Waals surface area contributed by atoms with Gasteiger partial charge >= 0.3 is 6.09 Å². The molecule has 1 amide bonds. The van der Waals surface area contributed by atoms with Crippen LogP contribution in [0, 0.1) is 5.41 Å². The minimum Gasteiger partial charge on any atom is -0.444 e. The first-order chi connectivity index (χ1) is 7.81. The summed E-state index contributed by atoms with van der Waals surface area (Å²) in [6.45, 7) is 5.35. The Hall–Kier alpha value is -1.43. The van der Waals surface area contributed by atoms with Gasteiger partial charge in [0.15, 0.2) is 5.78 Å². The van der Waals surface area contributed by atoms with Crippen LogP contribution in [-0.2, 0) is 14.3 Å². The fourth-order valence-corrected chi connectivity index (χ4v) is 1.36. The van der Waals surface area contributed by atoms with Gasteiger partial charge in [0.25, 0.3) is 0 Å². The van der Waals surface area contributed by atoms with Crippen LogP contribution < -0.4 is 0 Å². The van der Waals surface area contributed by atoms with Crippen LogP contribution in [-0.4, -0.2) is 54.4 Å². The molecule has 0 bridgehead atoms. The summed E-state index contributed by atoms with van der Waals surface area (Å²) < 4.78 is 10.3. The molecule has 6 heteroatoms. The first-order valence-corrected chi connectivity index (χ1v) is 5.43. The summed E-state index contributed by atoms with van der Waals surface area (Å²) in [6, 6.07) is 0. The Kier molecular flexibility index (Phi) is 4.22. The van der Waals surface area contributed by atoms with E-state index < -0.39 is 17.8 Å². The van der Waals surface area contributed by atoms with Gasteiger partial charge in [0.2, 0.25) is 0 Å². The number of nitrogens with one attached hydrogen (secondary N) is 1. The molecule has 1 unspecified atom stereocenters. The van der Waals surface area contributed by atoms with E-state index in [-0.39, 0.29) is 25.5 Å². The molecule has 1 heterocycles. The first kappa shape index (κ1) is 13.6. The van der Waals surface area contributed by atoms with Gasteiger partial charge in [-0.3, -0.25) is 9.69 Å². The molecule has 0 radical (unpaired) electrons. The maximum atomic E-state index is 11.8. The van der Waals surface area contributed by atoms with Crippen LogP contribution in [0.15, 0.2) is 0 Å². The van der Waals surface area contributed by atoms with Crippen LogP contribution in [0.1, 0.15) is 20.8 Å². The molecule has 17 heavy (non-hydrogen) atoms. The molecule has 1 saturated heterocycles. The van der Waals surface area contributed by atoms with Crippen LogP contribution in [0.5, 0.6) is 0 Å². The topological polar surface area (TPSA) is 79.7 Å². The van der Waals surface area contributed by atoms with E-state index >= 15 is 0 Å². The molecule has 0 aromatic heterocycles. The van der Waals surface area contributed by atoms with Gasteiger partial charge in [-0.15, -0.1) is 0 Å². The average molecular weight is 242 g/mol. The predicted octanol–water partition coefficient (Wildman–Crippen LogP) is 0.841. The van der Waals surface area contributed by atoms with Crippen molar-refractivity contribution in [3.05, 3.63) is 0 Å². The van der Waals surface area contributed by atoms with Gasteiger partial charge in [-0.25, -0.2) is 4.79 Å². The molecule has 0 aliphatic carbocycles. The van der Waals surface area contributed by atoms with Crippen molar-refractivity contribution < 1.29 is 19.1 Å². The molecule has 6 nitrogen and oxygen atoms in total. The maximum absolute atomic E-state index is 11.8. The molecule has 1 aliphatic heterocycles. The third-order valence-electron chi connectivity index (χ3n) is 2.06. The van der Waals surface area contributed by atoms with Gasteiger partial charge in [-0.1, -0.05) is 0 Å². The highest BCUT2D eigenvalue weighted by molar-refractivity contribution is 5.86. The number of carbonyl (C=O) groups excluding carboxylic acids is 2. The summed E-state index contributed by atoms with van der Waals surface area (Å²) in [5.74, 6) is -0.194. The Morgan fingerprint density at radius 1 is 1.59 bits per heavy atom. The van der Waals surface area contributed by atoms with Crippen LogP contribution in [0.25, 0.3) is 0 Å². The van der Waals surface area contributed by atoms with Crippen LogP contribution in [0.4, 0.5) is 4.79 Å². The van der Waals surface area contributed by atoms with Crippen molar-refractivity contribution in [2.24, 2.45) is 0 Å². The second kappa shape index (κ2) is 5.27. The van der Waals surface area contributed by atoms with Gasteiger partial charge in [-0.2, -0.15) is 0 Å². The molecular formula is C11H18N2O4. The minimum absolute atomic E-state index is 0.0285. The fourth-order valence-electron chi connectivity index (χ4n) is 1.36. The first-order valence-electron chi connectivity index (χ1n) is 5.43. The van der Waals surface area contributed by atoms with E-state index in [1.807, 2.05) is 0 Å². The van der Waals surface area contributed by atoms with E-state index in [0.29, 0.717) is 0 Å². The van der Waals surface area contributed by atoms with E-state index in [1.54, 1.807) is 20.8 Å². The summed E-state index contributed by atoms with van der Waals surface area (Å²) in [6.07, 6.45) is -0.0205. The number of carbonyl (C=O) groups is 2. The summed E-state index contributed by atoms with van der Waals surface area (Å²) in [4.78, 5) is 24.4. The average Bonchev–Trinajstić information content (AvgIpc) is 2.37. The maximum Gasteiger partial charge on any atom is 0.410 e. The standard InChI is InChI=1S/C11H18N2O4/c1-11(2,3)17-10(15)13-5-8(14)7-16-9(4-12)6-13/h4,9,12H,5-7H2,1-3H3. The number of ether oxygens (including phenoxy) is 2. The number of hydrogen-bond donors (Lipinski definition) is 1. The Labute approximate surface area is 100 Å². The van der Waals surface area contributed by atoms with Gasteiger partial charge in [0, 0.05) is 6.21 Å². The summed E-state index contributed by atoms with van der Waals surface area (Å²) >= 11 is 0. The monoisotopic (exact) mass is 242 g/mol.